The van der Waals surface area contributed by atoms with Gasteiger partial charge in [-0.15, -0.1) is 0 Å². The second-order valence-electron chi connectivity index (χ2n) is 6.61. The Morgan fingerprint density at radius 2 is 1.95 bits per heavy atom. The summed E-state index contributed by atoms with van der Waals surface area (Å²) in [6.45, 7) is 8.11. The van der Waals surface area contributed by atoms with E-state index in [-0.39, 0.29) is 5.91 Å². The third kappa shape index (κ3) is 6.78. The van der Waals surface area contributed by atoms with Gasteiger partial charge in [0.25, 0.3) is 0 Å². The number of hydrogen-bond acceptors (Lipinski definition) is 3. The van der Waals surface area contributed by atoms with Gasteiger partial charge < -0.3 is 15.4 Å². The SMILES string of the molecule is C[C@@H]1CCC[C@H]1NC(=O)CCCNC(=O)OC(C)(C)C. The first-order chi connectivity index (χ1) is 9.28. The van der Waals surface area contributed by atoms with E-state index in [9.17, 15) is 9.59 Å². The number of nitrogens with one attached hydrogen (secondary N) is 2. The molecule has 0 heterocycles. The van der Waals surface area contributed by atoms with Crippen LogP contribution in [0.15, 0.2) is 0 Å². The average Bonchev–Trinajstić information content (AvgIpc) is 2.68. The van der Waals surface area contributed by atoms with Gasteiger partial charge in [0.1, 0.15) is 5.60 Å². The van der Waals surface area contributed by atoms with E-state index in [2.05, 4.69) is 17.6 Å². The van der Waals surface area contributed by atoms with Crippen LogP contribution >= 0.6 is 0 Å². The fraction of sp³-hybridized carbons (Fsp3) is 0.867. The molecular weight excluding hydrogens is 256 g/mol. The summed E-state index contributed by atoms with van der Waals surface area (Å²) >= 11 is 0. The van der Waals surface area contributed by atoms with Gasteiger partial charge in [-0.1, -0.05) is 13.3 Å². The lowest BCUT2D eigenvalue weighted by atomic mass is 10.1. The quantitative estimate of drug-likeness (QED) is 0.763. The number of ether oxygens (including phenoxy) is 1. The number of rotatable bonds is 5. The van der Waals surface area contributed by atoms with Gasteiger partial charge in [0.2, 0.25) is 5.91 Å². The van der Waals surface area contributed by atoms with Crippen LogP contribution in [0.25, 0.3) is 0 Å². The Morgan fingerprint density at radius 3 is 2.50 bits per heavy atom. The number of amides is 2. The molecule has 0 aromatic heterocycles. The van der Waals surface area contributed by atoms with Gasteiger partial charge in [-0.05, 0) is 46.0 Å². The molecule has 2 atom stereocenters. The van der Waals surface area contributed by atoms with Crippen LogP contribution in [-0.2, 0) is 9.53 Å². The highest BCUT2D eigenvalue weighted by atomic mass is 16.6. The normalized spacial score (nSPS) is 22.4. The minimum Gasteiger partial charge on any atom is -0.444 e. The maximum Gasteiger partial charge on any atom is 0.407 e. The van der Waals surface area contributed by atoms with Gasteiger partial charge in [0, 0.05) is 19.0 Å². The van der Waals surface area contributed by atoms with Crippen LogP contribution in [0.2, 0.25) is 0 Å². The maximum absolute atomic E-state index is 11.8. The zero-order valence-corrected chi connectivity index (χ0v) is 13.1. The standard InChI is InChI=1S/C15H28N2O3/c1-11-7-5-8-12(11)17-13(18)9-6-10-16-14(19)20-15(2,3)4/h11-12H,5-10H2,1-4H3,(H,16,19)(H,17,18)/t11-,12-/m1/s1. The summed E-state index contributed by atoms with van der Waals surface area (Å²) in [6.07, 6.45) is 4.13. The van der Waals surface area contributed by atoms with E-state index in [1.165, 1.54) is 12.8 Å². The van der Waals surface area contributed by atoms with Gasteiger partial charge in [-0.25, -0.2) is 4.79 Å². The lowest BCUT2D eigenvalue weighted by molar-refractivity contribution is -0.122. The summed E-state index contributed by atoms with van der Waals surface area (Å²) in [5.41, 5.74) is -0.486. The molecule has 0 bridgehead atoms. The predicted molar refractivity (Wildman–Crippen MR) is 78.4 cm³/mol. The Kier molecular flexibility index (Phi) is 6.30. The number of carbonyl (C=O) groups is 2. The van der Waals surface area contributed by atoms with Gasteiger partial charge in [0.15, 0.2) is 0 Å². The zero-order valence-electron chi connectivity index (χ0n) is 13.1. The van der Waals surface area contributed by atoms with Crippen LogP contribution in [-0.4, -0.2) is 30.2 Å². The Hall–Kier alpha value is -1.26. The maximum atomic E-state index is 11.8. The molecule has 2 amide bonds. The minimum atomic E-state index is -0.486. The lowest BCUT2D eigenvalue weighted by Gasteiger charge is -2.20. The van der Waals surface area contributed by atoms with E-state index in [1.807, 2.05) is 20.8 Å². The number of alkyl carbamates (subject to hydrolysis) is 1. The summed E-state index contributed by atoms with van der Waals surface area (Å²) in [5, 5.41) is 5.73. The topological polar surface area (TPSA) is 67.4 Å². The lowest BCUT2D eigenvalue weighted by Crippen LogP contribution is -2.37. The summed E-state index contributed by atoms with van der Waals surface area (Å²) in [4.78, 5) is 23.2. The third-order valence-corrected chi connectivity index (χ3v) is 3.46. The van der Waals surface area contributed by atoms with E-state index < -0.39 is 11.7 Å². The van der Waals surface area contributed by atoms with E-state index in [4.69, 9.17) is 4.74 Å². The van der Waals surface area contributed by atoms with Gasteiger partial charge in [0.05, 0.1) is 0 Å². The van der Waals surface area contributed by atoms with Crippen LogP contribution in [0.3, 0.4) is 0 Å². The molecule has 1 fully saturated rings. The van der Waals surface area contributed by atoms with Crippen molar-refractivity contribution >= 4 is 12.0 Å². The van der Waals surface area contributed by atoms with Crippen LogP contribution in [0.4, 0.5) is 4.79 Å². The molecule has 1 rings (SSSR count). The van der Waals surface area contributed by atoms with E-state index >= 15 is 0 Å². The molecule has 0 radical (unpaired) electrons. The molecule has 1 aliphatic rings. The van der Waals surface area contributed by atoms with E-state index in [0.29, 0.717) is 31.3 Å². The first-order valence-electron chi connectivity index (χ1n) is 7.54. The molecule has 2 N–H and O–H groups in total. The summed E-state index contributed by atoms with van der Waals surface area (Å²) in [6, 6.07) is 0.335. The molecule has 0 aromatic carbocycles. The van der Waals surface area contributed by atoms with E-state index in [1.54, 1.807) is 0 Å². The van der Waals surface area contributed by atoms with Crippen molar-refractivity contribution in [1.29, 1.82) is 0 Å². The molecule has 0 aromatic rings. The van der Waals surface area contributed by atoms with Crippen LogP contribution in [0, 0.1) is 5.92 Å². The fourth-order valence-corrected chi connectivity index (χ4v) is 2.39. The van der Waals surface area contributed by atoms with Crippen molar-refractivity contribution in [1.82, 2.24) is 10.6 Å². The van der Waals surface area contributed by atoms with Crippen molar-refractivity contribution in [2.24, 2.45) is 5.92 Å². The highest BCUT2D eigenvalue weighted by molar-refractivity contribution is 5.76. The molecular formula is C15H28N2O3. The monoisotopic (exact) mass is 284 g/mol. The molecule has 20 heavy (non-hydrogen) atoms. The minimum absolute atomic E-state index is 0.0785. The van der Waals surface area contributed by atoms with E-state index in [0.717, 1.165) is 6.42 Å². The third-order valence-electron chi connectivity index (χ3n) is 3.46. The molecule has 116 valence electrons. The van der Waals surface area contributed by atoms with Crippen molar-refractivity contribution in [2.75, 3.05) is 6.54 Å². The summed E-state index contributed by atoms with van der Waals surface area (Å²) < 4.78 is 5.12. The van der Waals surface area contributed by atoms with Gasteiger partial charge in [-0.3, -0.25) is 4.79 Å². The highest BCUT2D eigenvalue weighted by Gasteiger charge is 2.24. The number of hydrogen-bond donors (Lipinski definition) is 2. The molecule has 0 aliphatic heterocycles. The predicted octanol–water partition coefficient (Wildman–Crippen LogP) is 2.60. The largest absolute Gasteiger partial charge is 0.444 e. The average molecular weight is 284 g/mol. The Labute approximate surface area is 121 Å². The molecule has 1 aliphatic carbocycles. The molecule has 1 saturated carbocycles. The number of carbonyl (C=O) groups excluding carboxylic acids is 2. The smallest absolute Gasteiger partial charge is 0.407 e. The summed E-state index contributed by atoms with van der Waals surface area (Å²) in [5.74, 6) is 0.661. The zero-order chi connectivity index (χ0) is 15.2. The second-order valence-corrected chi connectivity index (χ2v) is 6.61. The molecule has 0 spiro atoms. The van der Waals surface area contributed by atoms with Crippen molar-refractivity contribution in [3.63, 3.8) is 0 Å². The Balaban J connectivity index is 2.09. The van der Waals surface area contributed by atoms with Crippen LogP contribution < -0.4 is 10.6 Å². The molecule has 0 saturated heterocycles. The van der Waals surface area contributed by atoms with Gasteiger partial charge in [-0.2, -0.15) is 0 Å². The Morgan fingerprint density at radius 1 is 1.25 bits per heavy atom. The Bertz CT molecular complexity index is 337. The first-order valence-corrected chi connectivity index (χ1v) is 7.54. The van der Waals surface area contributed by atoms with Crippen molar-refractivity contribution in [2.45, 2.75) is 71.4 Å². The van der Waals surface area contributed by atoms with Crippen molar-refractivity contribution in [3.05, 3.63) is 0 Å². The van der Waals surface area contributed by atoms with Crippen molar-refractivity contribution in [3.8, 4) is 0 Å². The first kappa shape index (κ1) is 16.8. The van der Waals surface area contributed by atoms with Crippen LogP contribution in [0.5, 0.6) is 0 Å². The van der Waals surface area contributed by atoms with Crippen molar-refractivity contribution < 1.29 is 14.3 Å². The highest BCUT2D eigenvalue weighted by Crippen LogP contribution is 2.24. The van der Waals surface area contributed by atoms with Crippen LogP contribution in [0.1, 0.15) is 59.8 Å². The second kappa shape index (κ2) is 7.50. The molecule has 5 nitrogen and oxygen atoms in total. The van der Waals surface area contributed by atoms with Gasteiger partial charge >= 0.3 is 6.09 Å². The molecule has 5 heteroatoms. The fourth-order valence-electron chi connectivity index (χ4n) is 2.39. The molecule has 0 unspecified atom stereocenters. The summed E-state index contributed by atoms with van der Waals surface area (Å²) in [7, 11) is 0.